The first kappa shape index (κ1) is 18.1. The van der Waals surface area contributed by atoms with E-state index in [-0.39, 0.29) is 24.1 Å². The molecule has 24 heavy (non-hydrogen) atoms. The lowest BCUT2D eigenvalue weighted by Crippen LogP contribution is -2.38. The Balaban J connectivity index is 1.94. The van der Waals surface area contributed by atoms with Gasteiger partial charge in [-0.25, -0.2) is 8.78 Å². The average molecular weight is 332 g/mol. The molecule has 0 saturated carbocycles. The van der Waals surface area contributed by atoms with Gasteiger partial charge >= 0.3 is 0 Å². The molecule has 0 heterocycles. The Labute approximate surface area is 141 Å². The van der Waals surface area contributed by atoms with Crippen LogP contribution < -0.4 is 0 Å². The molecule has 0 aliphatic rings. The molecule has 3 nitrogen and oxygen atoms in total. The molecule has 0 aromatic heterocycles. The first-order chi connectivity index (χ1) is 11.5. The van der Waals surface area contributed by atoms with Gasteiger partial charge in [0.1, 0.15) is 11.6 Å². The minimum absolute atomic E-state index is 0.0689. The maximum atomic E-state index is 13.7. The Morgan fingerprint density at radius 2 is 1.79 bits per heavy atom. The maximum Gasteiger partial charge on any atom is 0.237 e. The zero-order chi connectivity index (χ0) is 17.5. The predicted octanol–water partition coefficient (Wildman–Crippen LogP) is 3.45. The number of rotatable bonds is 7. The molecule has 0 spiro atoms. The van der Waals surface area contributed by atoms with Gasteiger partial charge in [0.15, 0.2) is 0 Å². The highest BCUT2D eigenvalue weighted by molar-refractivity contribution is 5.78. The Hall–Kier alpha value is -2.27. The van der Waals surface area contributed by atoms with Crippen LogP contribution in [0.4, 0.5) is 8.78 Å². The Morgan fingerprint density at radius 1 is 1.04 bits per heavy atom. The molecule has 0 aliphatic carbocycles. The molecule has 0 N–H and O–H groups in total. The van der Waals surface area contributed by atoms with Crippen LogP contribution in [0.25, 0.3) is 0 Å². The van der Waals surface area contributed by atoms with Crippen molar-refractivity contribution < 1.29 is 13.6 Å². The van der Waals surface area contributed by atoms with Crippen molar-refractivity contribution in [3.05, 3.63) is 71.3 Å². The number of hydrogen-bond acceptors (Lipinski definition) is 2. The summed E-state index contributed by atoms with van der Waals surface area (Å²) in [6.45, 7) is 3.31. The van der Waals surface area contributed by atoms with Crippen LogP contribution >= 0.6 is 0 Å². The zero-order valence-electron chi connectivity index (χ0n) is 14.0. The van der Waals surface area contributed by atoms with Crippen molar-refractivity contribution in [2.45, 2.75) is 20.0 Å². The minimum Gasteiger partial charge on any atom is -0.338 e. The van der Waals surface area contributed by atoms with Gasteiger partial charge in [-0.1, -0.05) is 30.3 Å². The maximum absolute atomic E-state index is 13.7. The van der Waals surface area contributed by atoms with Crippen LogP contribution in [0.15, 0.2) is 48.5 Å². The van der Waals surface area contributed by atoms with Crippen LogP contribution in [-0.4, -0.2) is 35.8 Å². The van der Waals surface area contributed by atoms with Crippen molar-refractivity contribution in [1.82, 2.24) is 9.80 Å². The second-order valence-corrected chi connectivity index (χ2v) is 5.80. The number of carbonyl (C=O) groups excluding carboxylic acids is 1. The van der Waals surface area contributed by atoms with E-state index in [1.54, 1.807) is 47.2 Å². The number of benzene rings is 2. The monoisotopic (exact) mass is 332 g/mol. The molecule has 0 aliphatic heterocycles. The highest BCUT2D eigenvalue weighted by Crippen LogP contribution is 2.11. The number of hydrogen-bond donors (Lipinski definition) is 0. The van der Waals surface area contributed by atoms with Gasteiger partial charge < -0.3 is 4.90 Å². The molecule has 0 saturated heterocycles. The topological polar surface area (TPSA) is 23.6 Å². The van der Waals surface area contributed by atoms with Crippen molar-refractivity contribution in [3.63, 3.8) is 0 Å². The fourth-order valence-corrected chi connectivity index (χ4v) is 2.54. The van der Waals surface area contributed by atoms with Gasteiger partial charge in [-0.05, 0) is 37.7 Å². The first-order valence-electron chi connectivity index (χ1n) is 7.93. The quantitative estimate of drug-likeness (QED) is 0.775. The fourth-order valence-electron chi connectivity index (χ4n) is 2.54. The third-order valence-electron chi connectivity index (χ3n) is 3.80. The Morgan fingerprint density at radius 3 is 2.46 bits per heavy atom. The summed E-state index contributed by atoms with van der Waals surface area (Å²) >= 11 is 0. The van der Waals surface area contributed by atoms with Crippen LogP contribution in [-0.2, 0) is 17.9 Å². The van der Waals surface area contributed by atoms with Crippen molar-refractivity contribution in [2.75, 3.05) is 20.1 Å². The molecule has 2 aromatic carbocycles. The molecule has 0 atom stereocenters. The summed E-state index contributed by atoms with van der Waals surface area (Å²) < 4.78 is 26.9. The van der Waals surface area contributed by atoms with E-state index in [1.165, 1.54) is 18.2 Å². The molecule has 1 amide bonds. The van der Waals surface area contributed by atoms with Gasteiger partial charge in [-0.15, -0.1) is 0 Å². The van der Waals surface area contributed by atoms with E-state index < -0.39 is 0 Å². The van der Waals surface area contributed by atoms with E-state index in [4.69, 9.17) is 0 Å². The first-order valence-corrected chi connectivity index (χ1v) is 7.93. The lowest BCUT2D eigenvalue weighted by Gasteiger charge is -2.24. The molecule has 0 bridgehead atoms. The summed E-state index contributed by atoms with van der Waals surface area (Å²) in [7, 11) is 1.78. The predicted molar refractivity (Wildman–Crippen MR) is 90.2 cm³/mol. The Kier molecular flexibility index (Phi) is 6.44. The summed E-state index contributed by atoms with van der Waals surface area (Å²) in [4.78, 5) is 15.9. The number of halogens is 2. The lowest BCUT2D eigenvalue weighted by molar-refractivity contribution is -0.132. The van der Waals surface area contributed by atoms with Gasteiger partial charge in [-0.3, -0.25) is 9.69 Å². The number of nitrogens with zero attached hydrogens (tertiary/aromatic N) is 2. The molecule has 2 rings (SSSR count). The number of amides is 1. The molecule has 0 fully saturated rings. The smallest absolute Gasteiger partial charge is 0.237 e. The standard InChI is InChI=1S/C19H22F2N2O/c1-3-23(12-15-7-6-9-17(20)11-15)19(24)14-22(2)13-16-8-4-5-10-18(16)21/h4-11H,3,12-14H2,1-2H3. The van der Waals surface area contributed by atoms with Crippen LogP contribution in [0, 0.1) is 11.6 Å². The van der Waals surface area contributed by atoms with Crippen LogP contribution in [0.5, 0.6) is 0 Å². The SMILES string of the molecule is CCN(Cc1cccc(F)c1)C(=O)CN(C)Cc1ccccc1F. The van der Waals surface area contributed by atoms with E-state index in [0.717, 1.165) is 5.56 Å². The summed E-state index contributed by atoms with van der Waals surface area (Å²) in [5, 5.41) is 0. The van der Waals surface area contributed by atoms with Gasteiger partial charge in [0.2, 0.25) is 5.91 Å². The fraction of sp³-hybridized carbons (Fsp3) is 0.316. The number of carbonyl (C=O) groups is 1. The third-order valence-corrected chi connectivity index (χ3v) is 3.80. The number of likely N-dealkylation sites (N-methyl/N-ethyl adjacent to an activating group) is 2. The highest BCUT2D eigenvalue weighted by Gasteiger charge is 2.15. The Bertz CT molecular complexity index is 691. The van der Waals surface area contributed by atoms with Gasteiger partial charge in [-0.2, -0.15) is 0 Å². The molecular weight excluding hydrogens is 310 g/mol. The summed E-state index contributed by atoms with van der Waals surface area (Å²) in [6.07, 6.45) is 0. The minimum atomic E-state index is -0.312. The third kappa shape index (κ3) is 5.13. The van der Waals surface area contributed by atoms with Crippen LogP contribution in [0.2, 0.25) is 0 Å². The summed E-state index contributed by atoms with van der Waals surface area (Å²) in [5.41, 5.74) is 1.31. The molecule has 2 aromatic rings. The van der Waals surface area contributed by atoms with Gasteiger partial charge in [0.05, 0.1) is 6.54 Å². The normalized spacial score (nSPS) is 10.9. The molecule has 5 heteroatoms. The van der Waals surface area contributed by atoms with E-state index in [2.05, 4.69) is 0 Å². The lowest BCUT2D eigenvalue weighted by atomic mass is 10.2. The molecule has 0 radical (unpaired) electrons. The summed E-state index contributed by atoms with van der Waals surface area (Å²) in [6, 6.07) is 12.8. The van der Waals surface area contributed by atoms with Crippen molar-refractivity contribution in [3.8, 4) is 0 Å². The van der Waals surface area contributed by atoms with E-state index in [1.807, 2.05) is 6.92 Å². The average Bonchev–Trinajstić information content (AvgIpc) is 2.54. The molecule has 128 valence electrons. The van der Waals surface area contributed by atoms with Crippen molar-refractivity contribution >= 4 is 5.91 Å². The molecule has 0 unspecified atom stereocenters. The summed E-state index contributed by atoms with van der Waals surface area (Å²) in [5.74, 6) is -0.655. The zero-order valence-corrected chi connectivity index (χ0v) is 14.0. The molecular formula is C19H22F2N2O. The van der Waals surface area contributed by atoms with Crippen molar-refractivity contribution in [2.24, 2.45) is 0 Å². The van der Waals surface area contributed by atoms with Crippen molar-refractivity contribution in [1.29, 1.82) is 0 Å². The van der Waals surface area contributed by atoms with Crippen LogP contribution in [0.3, 0.4) is 0 Å². The van der Waals surface area contributed by atoms with E-state index >= 15 is 0 Å². The van der Waals surface area contributed by atoms with Crippen LogP contribution in [0.1, 0.15) is 18.1 Å². The highest BCUT2D eigenvalue weighted by atomic mass is 19.1. The largest absolute Gasteiger partial charge is 0.338 e. The van der Waals surface area contributed by atoms with Gasteiger partial charge in [0, 0.05) is 25.2 Å². The van der Waals surface area contributed by atoms with Gasteiger partial charge in [0.25, 0.3) is 0 Å². The van der Waals surface area contributed by atoms with E-state index in [9.17, 15) is 13.6 Å². The second-order valence-electron chi connectivity index (χ2n) is 5.80. The second kappa shape index (κ2) is 8.55. The van der Waals surface area contributed by atoms with E-state index in [0.29, 0.717) is 25.2 Å².